The van der Waals surface area contributed by atoms with Gasteiger partial charge in [0.1, 0.15) is 0 Å². The van der Waals surface area contributed by atoms with Crippen molar-refractivity contribution in [2.24, 2.45) is 4.99 Å². The smallest absolute Gasteiger partial charge is 0.191 e. The van der Waals surface area contributed by atoms with Crippen LogP contribution >= 0.6 is 24.0 Å². The number of aliphatic imine (C=N–C) groups is 1. The summed E-state index contributed by atoms with van der Waals surface area (Å²) in [6, 6.07) is 8.73. The van der Waals surface area contributed by atoms with Gasteiger partial charge < -0.3 is 20.4 Å². The Morgan fingerprint density at radius 1 is 1.04 bits per heavy atom. The summed E-state index contributed by atoms with van der Waals surface area (Å²) in [5.74, 6) is 0.900. The van der Waals surface area contributed by atoms with Gasteiger partial charge in [-0.05, 0) is 50.0 Å². The van der Waals surface area contributed by atoms with Gasteiger partial charge in [0.2, 0.25) is 0 Å². The predicted molar refractivity (Wildman–Crippen MR) is 120 cm³/mol. The lowest BCUT2D eigenvalue weighted by Gasteiger charge is -2.26. The summed E-state index contributed by atoms with van der Waals surface area (Å²) >= 11 is 0. The lowest BCUT2D eigenvalue weighted by molar-refractivity contribution is 0.232. The number of benzene rings is 1. The van der Waals surface area contributed by atoms with E-state index in [1.165, 1.54) is 43.6 Å². The molecule has 1 aromatic rings. The Hall–Kier alpha value is -1.02. The number of hydrogen-bond donors (Lipinski definition) is 2. The lowest BCUT2D eigenvalue weighted by atomic mass is 10.1. The second-order valence-corrected chi connectivity index (χ2v) is 6.64. The zero-order chi connectivity index (χ0) is 17.2. The van der Waals surface area contributed by atoms with Crippen molar-refractivity contribution >= 4 is 35.6 Å². The van der Waals surface area contributed by atoms with Gasteiger partial charge in [0.25, 0.3) is 0 Å². The molecule has 1 saturated heterocycles. The first-order valence-electron chi connectivity index (χ1n) is 9.12. The van der Waals surface area contributed by atoms with Gasteiger partial charge in [-0.3, -0.25) is 4.99 Å². The van der Waals surface area contributed by atoms with Crippen LogP contribution in [0.5, 0.6) is 0 Å². The minimum atomic E-state index is 0. The number of halogens is 1. The van der Waals surface area contributed by atoms with Crippen molar-refractivity contribution < 1.29 is 0 Å². The topological polar surface area (TPSA) is 42.9 Å². The number of piperidine rings is 1. The molecule has 0 saturated carbocycles. The van der Waals surface area contributed by atoms with Crippen LogP contribution in [-0.4, -0.2) is 64.7 Å². The fraction of sp³-hybridized carbons (Fsp3) is 0.632. The molecule has 142 valence electrons. The molecule has 1 aromatic carbocycles. The summed E-state index contributed by atoms with van der Waals surface area (Å²) in [5, 5.41) is 6.82. The van der Waals surface area contributed by atoms with Crippen molar-refractivity contribution in [3.05, 3.63) is 29.8 Å². The van der Waals surface area contributed by atoms with Crippen LogP contribution in [0.2, 0.25) is 0 Å². The molecule has 0 radical (unpaired) electrons. The van der Waals surface area contributed by atoms with Crippen molar-refractivity contribution in [1.82, 2.24) is 15.5 Å². The summed E-state index contributed by atoms with van der Waals surface area (Å²) in [6.07, 6.45) is 5.09. The van der Waals surface area contributed by atoms with Crippen LogP contribution in [-0.2, 0) is 6.42 Å². The zero-order valence-corrected chi connectivity index (χ0v) is 18.3. The van der Waals surface area contributed by atoms with E-state index in [2.05, 4.69) is 63.8 Å². The van der Waals surface area contributed by atoms with Gasteiger partial charge >= 0.3 is 0 Å². The first-order chi connectivity index (χ1) is 11.7. The molecule has 1 aliphatic rings. The second-order valence-electron chi connectivity index (χ2n) is 6.64. The van der Waals surface area contributed by atoms with Crippen molar-refractivity contribution in [3.63, 3.8) is 0 Å². The minimum absolute atomic E-state index is 0. The molecule has 0 atom stereocenters. The number of nitrogens with one attached hydrogen (secondary N) is 2. The molecule has 0 bridgehead atoms. The molecule has 1 fully saturated rings. The standard InChI is InChI=1S/C19H33N5.HI/c1-20-19(22-13-16-24-14-5-4-6-15-24)21-12-11-17-7-9-18(10-8-17)23(2)3;/h7-10H,4-6,11-16H2,1-3H3,(H2,20,21,22);1H. The van der Waals surface area contributed by atoms with E-state index in [4.69, 9.17) is 0 Å². The van der Waals surface area contributed by atoms with E-state index >= 15 is 0 Å². The van der Waals surface area contributed by atoms with Gasteiger partial charge in [0.05, 0.1) is 0 Å². The molecule has 0 aliphatic carbocycles. The van der Waals surface area contributed by atoms with Gasteiger partial charge in [-0.25, -0.2) is 0 Å². The highest BCUT2D eigenvalue weighted by atomic mass is 127. The van der Waals surface area contributed by atoms with Crippen molar-refractivity contribution in [3.8, 4) is 0 Å². The van der Waals surface area contributed by atoms with Gasteiger partial charge in [-0.15, -0.1) is 24.0 Å². The van der Waals surface area contributed by atoms with Crippen molar-refractivity contribution in [2.75, 3.05) is 58.8 Å². The number of rotatable bonds is 7. The van der Waals surface area contributed by atoms with Crippen LogP contribution in [0.25, 0.3) is 0 Å². The quantitative estimate of drug-likeness (QED) is 0.374. The van der Waals surface area contributed by atoms with E-state index in [0.717, 1.165) is 32.0 Å². The Morgan fingerprint density at radius 3 is 2.28 bits per heavy atom. The Bertz CT molecular complexity index is 495. The highest BCUT2D eigenvalue weighted by Gasteiger charge is 2.09. The number of likely N-dealkylation sites (tertiary alicyclic amines) is 1. The molecular formula is C19H34IN5. The minimum Gasteiger partial charge on any atom is -0.378 e. The molecule has 0 spiro atoms. The fourth-order valence-corrected chi connectivity index (χ4v) is 3.02. The molecular weight excluding hydrogens is 425 g/mol. The molecule has 6 heteroatoms. The van der Waals surface area contributed by atoms with Gasteiger partial charge in [-0.2, -0.15) is 0 Å². The van der Waals surface area contributed by atoms with Gasteiger partial charge in [-0.1, -0.05) is 18.6 Å². The van der Waals surface area contributed by atoms with E-state index < -0.39 is 0 Å². The third kappa shape index (κ3) is 8.27. The lowest BCUT2D eigenvalue weighted by Crippen LogP contribution is -2.43. The average Bonchev–Trinajstić information content (AvgIpc) is 2.61. The van der Waals surface area contributed by atoms with E-state index in [-0.39, 0.29) is 24.0 Å². The molecule has 5 nitrogen and oxygen atoms in total. The van der Waals surface area contributed by atoms with E-state index in [9.17, 15) is 0 Å². The van der Waals surface area contributed by atoms with Crippen LogP contribution in [0.15, 0.2) is 29.3 Å². The zero-order valence-electron chi connectivity index (χ0n) is 15.9. The maximum Gasteiger partial charge on any atom is 0.191 e. The summed E-state index contributed by atoms with van der Waals surface area (Å²) < 4.78 is 0. The molecule has 1 heterocycles. The predicted octanol–water partition coefficient (Wildman–Crippen LogP) is 2.56. The van der Waals surface area contributed by atoms with Crippen molar-refractivity contribution in [1.29, 1.82) is 0 Å². The van der Waals surface area contributed by atoms with Crippen LogP contribution in [0.4, 0.5) is 5.69 Å². The normalized spacial score (nSPS) is 15.4. The van der Waals surface area contributed by atoms with E-state index in [1.807, 2.05) is 7.05 Å². The second kappa shape index (κ2) is 12.4. The number of guanidine groups is 1. The van der Waals surface area contributed by atoms with Crippen LogP contribution in [0, 0.1) is 0 Å². The third-order valence-corrected chi connectivity index (χ3v) is 4.55. The Kier molecular flexibility index (Phi) is 10.9. The monoisotopic (exact) mass is 459 g/mol. The Labute approximate surface area is 170 Å². The summed E-state index contributed by atoms with van der Waals surface area (Å²) in [7, 11) is 5.97. The van der Waals surface area contributed by atoms with E-state index in [0.29, 0.717) is 0 Å². The highest BCUT2D eigenvalue weighted by Crippen LogP contribution is 2.12. The van der Waals surface area contributed by atoms with Crippen LogP contribution in [0.1, 0.15) is 24.8 Å². The van der Waals surface area contributed by atoms with Crippen LogP contribution < -0.4 is 15.5 Å². The molecule has 0 amide bonds. The van der Waals surface area contributed by atoms with Crippen LogP contribution in [0.3, 0.4) is 0 Å². The fourth-order valence-electron chi connectivity index (χ4n) is 3.02. The molecule has 0 unspecified atom stereocenters. The van der Waals surface area contributed by atoms with Gasteiger partial charge in [0, 0.05) is 46.5 Å². The summed E-state index contributed by atoms with van der Waals surface area (Å²) in [6.45, 7) is 5.45. The third-order valence-electron chi connectivity index (χ3n) is 4.55. The molecule has 0 aromatic heterocycles. The molecule has 2 N–H and O–H groups in total. The maximum atomic E-state index is 4.31. The molecule has 2 rings (SSSR count). The Balaban J connectivity index is 0.00000312. The SMILES string of the molecule is CN=C(NCCc1ccc(N(C)C)cc1)NCCN1CCCCC1.I. The van der Waals surface area contributed by atoms with Crippen molar-refractivity contribution in [2.45, 2.75) is 25.7 Å². The number of anilines is 1. The van der Waals surface area contributed by atoms with Gasteiger partial charge in [0.15, 0.2) is 5.96 Å². The number of hydrogen-bond acceptors (Lipinski definition) is 3. The highest BCUT2D eigenvalue weighted by molar-refractivity contribution is 14.0. The molecule has 25 heavy (non-hydrogen) atoms. The van der Waals surface area contributed by atoms with E-state index in [1.54, 1.807) is 0 Å². The molecule has 1 aliphatic heterocycles. The summed E-state index contributed by atoms with van der Waals surface area (Å²) in [5.41, 5.74) is 2.58. The first kappa shape index (κ1) is 22.0. The largest absolute Gasteiger partial charge is 0.378 e. The average molecular weight is 459 g/mol. The maximum absolute atomic E-state index is 4.31. The first-order valence-corrected chi connectivity index (χ1v) is 9.12. The summed E-state index contributed by atoms with van der Waals surface area (Å²) in [4.78, 5) is 8.97. The number of nitrogens with zero attached hydrogens (tertiary/aromatic N) is 3. The Morgan fingerprint density at radius 2 is 1.68 bits per heavy atom.